The molecule has 0 aliphatic carbocycles. The zero-order valence-corrected chi connectivity index (χ0v) is 14.2. The summed E-state index contributed by atoms with van der Waals surface area (Å²) in [4.78, 5) is 36.0. The van der Waals surface area contributed by atoms with E-state index < -0.39 is 16.3 Å². The van der Waals surface area contributed by atoms with E-state index in [1.165, 1.54) is 27.8 Å². The molecule has 0 saturated carbocycles. The lowest BCUT2D eigenvalue weighted by atomic mass is 9.82. The first-order chi connectivity index (χ1) is 12.3. The number of carbonyl (C=O) groups is 2. The number of nitrogens with zero attached hydrogens (tertiary/aromatic N) is 4. The molecule has 1 aromatic carbocycles. The molecule has 3 rings (SSSR count). The molecule has 1 fully saturated rings. The zero-order valence-electron chi connectivity index (χ0n) is 14.2. The Labute approximate surface area is 149 Å². The first-order valence-electron chi connectivity index (χ1n) is 8.13. The quantitative estimate of drug-likeness (QED) is 0.660. The highest BCUT2D eigenvalue weighted by atomic mass is 16.6. The molecule has 1 saturated heterocycles. The normalized spacial score (nSPS) is 20.0. The van der Waals surface area contributed by atoms with E-state index in [0.29, 0.717) is 25.1 Å². The van der Waals surface area contributed by atoms with Gasteiger partial charge in [0.1, 0.15) is 0 Å². The largest absolute Gasteiger partial charge is 0.481 e. The fraction of sp³-hybridized carbons (Fsp3) is 0.353. The molecule has 1 aliphatic rings. The Morgan fingerprint density at radius 3 is 2.81 bits per heavy atom. The van der Waals surface area contributed by atoms with Crippen molar-refractivity contribution < 1.29 is 19.6 Å². The van der Waals surface area contributed by atoms with Crippen LogP contribution in [0.25, 0.3) is 5.69 Å². The van der Waals surface area contributed by atoms with Gasteiger partial charge in [0.2, 0.25) is 0 Å². The van der Waals surface area contributed by atoms with Gasteiger partial charge in [0.05, 0.1) is 16.0 Å². The second kappa shape index (κ2) is 6.58. The van der Waals surface area contributed by atoms with Crippen molar-refractivity contribution in [3.63, 3.8) is 0 Å². The minimum absolute atomic E-state index is 0.0702. The van der Waals surface area contributed by atoms with E-state index in [1.807, 2.05) is 0 Å². The Kier molecular flexibility index (Phi) is 4.45. The molecular formula is C17H18N4O5. The molecule has 1 aromatic heterocycles. The number of carboxylic acids is 1. The zero-order chi connectivity index (χ0) is 18.9. The van der Waals surface area contributed by atoms with E-state index in [0.717, 1.165) is 0 Å². The number of non-ortho nitro benzene ring substituents is 1. The number of hydrogen-bond donors (Lipinski definition) is 1. The fourth-order valence-corrected chi connectivity index (χ4v) is 3.08. The summed E-state index contributed by atoms with van der Waals surface area (Å²) < 4.78 is 1.39. The van der Waals surface area contributed by atoms with Crippen molar-refractivity contribution in [3.8, 4) is 5.69 Å². The van der Waals surface area contributed by atoms with Crippen molar-refractivity contribution in [1.82, 2.24) is 14.7 Å². The number of hydrogen-bond acceptors (Lipinski definition) is 5. The number of nitro benzene ring substituents is 1. The molecule has 26 heavy (non-hydrogen) atoms. The third-order valence-corrected chi connectivity index (χ3v) is 4.61. The molecule has 2 aromatic rings. The highest BCUT2D eigenvalue weighted by Gasteiger charge is 2.39. The maximum absolute atomic E-state index is 12.7. The van der Waals surface area contributed by atoms with Gasteiger partial charge in [-0.05, 0) is 31.9 Å². The fourth-order valence-electron chi connectivity index (χ4n) is 3.08. The number of likely N-dealkylation sites (tertiary alicyclic amines) is 1. The molecular weight excluding hydrogens is 340 g/mol. The van der Waals surface area contributed by atoms with Crippen LogP contribution in [0, 0.1) is 15.5 Å². The predicted molar refractivity (Wildman–Crippen MR) is 91.1 cm³/mol. The van der Waals surface area contributed by atoms with E-state index in [1.54, 1.807) is 25.3 Å². The smallest absolute Gasteiger partial charge is 0.311 e. The molecule has 1 unspecified atom stereocenters. The molecule has 0 radical (unpaired) electrons. The number of rotatable bonds is 4. The van der Waals surface area contributed by atoms with Crippen LogP contribution in [0.4, 0.5) is 5.69 Å². The van der Waals surface area contributed by atoms with Crippen molar-refractivity contribution in [3.05, 3.63) is 52.3 Å². The Balaban J connectivity index is 1.81. The van der Waals surface area contributed by atoms with E-state index >= 15 is 0 Å². The molecule has 0 spiro atoms. The molecule has 1 N–H and O–H groups in total. The summed E-state index contributed by atoms with van der Waals surface area (Å²) in [6, 6.07) is 7.45. The molecule has 1 atom stereocenters. The Bertz CT molecular complexity index is 878. The second-order valence-corrected chi connectivity index (χ2v) is 6.62. The van der Waals surface area contributed by atoms with Crippen LogP contribution in [0.15, 0.2) is 36.5 Å². The van der Waals surface area contributed by atoms with Crippen LogP contribution in [-0.4, -0.2) is 49.7 Å². The van der Waals surface area contributed by atoms with Gasteiger partial charge in [-0.15, -0.1) is 0 Å². The number of carbonyl (C=O) groups excluding carboxylic acids is 1. The maximum Gasteiger partial charge on any atom is 0.311 e. The summed E-state index contributed by atoms with van der Waals surface area (Å²) in [6.45, 7) is 2.24. The average molecular weight is 358 g/mol. The van der Waals surface area contributed by atoms with Gasteiger partial charge in [-0.3, -0.25) is 19.7 Å². The van der Waals surface area contributed by atoms with E-state index in [4.69, 9.17) is 0 Å². The maximum atomic E-state index is 12.7. The van der Waals surface area contributed by atoms with Crippen LogP contribution in [0.2, 0.25) is 0 Å². The summed E-state index contributed by atoms with van der Waals surface area (Å²) in [6.07, 6.45) is 2.68. The monoisotopic (exact) mass is 358 g/mol. The molecule has 1 aliphatic heterocycles. The van der Waals surface area contributed by atoms with Gasteiger partial charge in [-0.2, -0.15) is 5.10 Å². The first kappa shape index (κ1) is 17.6. The number of benzene rings is 1. The van der Waals surface area contributed by atoms with Crippen LogP contribution in [0.5, 0.6) is 0 Å². The number of piperidine rings is 1. The molecule has 9 nitrogen and oxygen atoms in total. The van der Waals surface area contributed by atoms with Crippen LogP contribution in [-0.2, 0) is 4.79 Å². The number of nitro groups is 1. The lowest BCUT2D eigenvalue weighted by molar-refractivity contribution is -0.384. The minimum Gasteiger partial charge on any atom is -0.481 e. The van der Waals surface area contributed by atoms with Crippen molar-refractivity contribution in [1.29, 1.82) is 0 Å². The Morgan fingerprint density at radius 1 is 1.35 bits per heavy atom. The number of amides is 1. The van der Waals surface area contributed by atoms with Crippen molar-refractivity contribution in [2.45, 2.75) is 19.8 Å². The van der Waals surface area contributed by atoms with Crippen LogP contribution >= 0.6 is 0 Å². The second-order valence-electron chi connectivity index (χ2n) is 6.62. The molecule has 2 heterocycles. The van der Waals surface area contributed by atoms with Gasteiger partial charge in [-0.1, -0.05) is 6.07 Å². The molecule has 0 bridgehead atoms. The molecule has 9 heteroatoms. The van der Waals surface area contributed by atoms with Gasteiger partial charge >= 0.3 is 5.97 Å². The topological polar surface area (TPSA) is 119 Å². The lowest BCUT2D eigenvalue weighted by Crippen LogP contribution is -2.48. The summed E-state index contributed by atoms with van der Waals surface area (Å²) in [5, 5.41) is 24.5. The number of aromatic nitrogens is 2. The summed E-state index contributed by atoms with van der Waals surface area (Å²) in [5.74, 6) is -1.27. The van der Waals surface area contributed by atoms with Crippen LogP contribution in [0.3, 0.4) is 0 Å². The molecule has 1 amide bonds. The Hall–Kier alpha value is -3.23. The van der Waals surface area contributed by atoms with Gasteiger partial charge in [0.15, 0.2) is 5.69 Å². The molecule has 136 valence electrons. The van der Waals surface area contributed by atoms with Crippen molar-refractivity contribution in [2.24, 2.45) is 5.41 Å². The number of aliphatic carboxylic acids is 1. The van der Waals surface area contributed by atoms with Gasteiger partial charge < -0.3 is 10.0 Å². The standard InChI is InChI=1S/C17H18N4O5/c1-17(16(23)24)7-3-8-19(11-17)15(22)14-6-9-20(18-14)12-4-2-5-13(10-12)21(25)26/h2,4-6,9-10H,3,7-8,11H2,1H3,(H,23,24). The van der Waals surface area contributed by atoms with E-state index in [2.05, 4.69) is 5.10 Å². The Morgan fingerprint density at radius 2 is 2.12 bits per heavy atom. The highest BCUT2D eigenvalue weighted by Crippen LogP contribution is 2.30. The van der Waals surface area contributed by atoms with Gasteiger partial charge in [0.25, 0.3) is 11.6 Å². The minimum atomic E-state index is -0.962. The highest BCUT2D eigenvalue weighted by molar-refractivity contribution is 5.93. The lowest BCUT2D eigenvalue weighted by Gasteiger charge is -2.37. The summed E-state index contributed by atoms with van der Waals surface area (Å²) >= 11 is 0. The summed E-state index contributed by atoms with van der Waals surface area (Å²) in [5.41, 5.74) is -0.395. The number of carboxylic acid groups (broad SMARTS) is 1. The first-order valence-corrected chi connectivity index (χ1v) is 8.13. The van der Waals surface area contributed by atoms with E-state index in [9.17, 15) is 24.8 Å². The predicted octanol–water partition coefficient (Wildman–Crippen LogP) is 2.11. The SMILES string of the molecule is CC1(C(=O)O)CCCN(C(=O)c2ccn(-c3cccc([N+](=O)[O-])c3)n2)C1. The van der Waals surface area contributed by atoms with Crippen molar-refractivity contribution >= 4 is 17.6 Å². The van der Waals surface area contributed by atoms with Gasteiger partial charge in [0, 0.05) is 31.4 Å². The van der Waals surface area contributed by atoms with Gasteiger partial charge in [-0.25, -0.2) is 4.68 Å². The third-order valence-electron chi connectivity index (χ3n) is 4.61. The van der Waals surface area contributed by atoms with E-state index in [-0.39, 0.29) is 23.8 Å². The van der Waals surface area contributed by atoms with Crippen LogP contribution < -0.4 is 0 Å². The van der Waals surface area contributed by atoms with Crippen LogP contribution in [0.1, 0.15) is 30.3 Å². The van der Waals surface area contributed by atoms with Crippen molar-refractivity contribution in [2.75, 3.05) is 13.1 Å². The average Bonchev–Trinajstić information content (AvgIpc) is 3.11. The third kappa shape index (κ3) is 3.28. The summed E-state index contributed by atoms with van der Waals surface area (Å²) in [7, 11) is 0.